The van der Waals surface area contributed by atoms with Crippen molar-refractivity contribution < 1.29 is 22.8 Å². The van der Waals surface area contributed by atoms with Crippen LogP contribution in [0, 0.1) is 24.4 Å². The highest BCUT2D eigenvalue weighted by molar-refractivity contribution is 6.03. The van der Waals surface area contributed by atoms with Gasteiger partial charge in [-0.15, -0.1) is 0 Å². The van der Waals surface area contributed by atoms with E-state index in [0.717, 1.165) is 0 Å². The minimum absolute atomic E-state index is 0.00124. The predicted octanol–water partition coefficient (Wildman–Crippen LogP) is 2.74. The van der Waals surface area contributed by atoms with Gasteiger partial charge < -0.3 is 26.2 Å². The van der Waals surface area contributed by atoms with Gasteiger partial charge in [-0.3, -0.25) is 4.79 Å². The first-order chi connectivity index (χ1) is 15.1. The normalized spacial score (nSPS) is 21.9. The molecule has 0 unspecified atom stereocenters. The van der Waals surface area contributed by atoms with E-state index in [1.54, 1.807) is 25.8 Å². The molecule has 2 aromatic rings. The molecule has 1 atom stereocenters. The molecule has 1 aliphatic heterocycles. The number of carbonyl (C=O) groups is 2. The largest absolute Gasteiger partial charge is 0.351 e. The van der Waals surface area contributed by atoms with Crippen molar-refractivity contribution in [3.8, 4) is 0 Å². The summed E-state index contributed by atoms with van der Waals surface area (Å²) >= 11 is 0. The maximum atomic E-state index is 13.7. The third kappa shape index (κ3) is 4.12. The lowest BCUT2D eigenvalue weighted by atomic mass is 9.87. The van der Waals surface area contributed by atoms with Crippen molar-refractivity contribution in [2.75, 3.05) is 27.9 Å². The molecule has 170 valence electrons. The van der Waals surface area contributed by atoms with Gasteiger partial charge in [-0.25, -0.2) is 22.9 Å². The number of anilines is 4. The van der Waals surface area contributed by atoms with Crippen LogP contribution in [-0.2, 0) is 4.79 Å². The lowest BCUT2D eigenvalue weighted by molar-refractivity contribution is -0.117. The minimum Gasteiger partial charge on any atom is -0.351 e. The van der Waals surface area contributed by atoms with Crippen molar-refractivity contribution in [1.29, 1.82) is 0 Å². The average Bonchev–Trinajstić information content (AvgIpc) is 2.69. The molecule has 2 heterocycles. The molecular formula is C20H22F3N7O2. The number of nitrogens with zero attached hydrogens (tertiary/aromatic N) is 3. The fourth-order valence-electron chi connectivity index (χ4n) is 3.61. The van der Waals surface area contributed by atoms with Crippen LogP contribution in [0.1, 0.15) is 25.5 Å². The smallest absolute Gasteiger partial charge is 0.319 e. The van der Waals surface area contributed by atoms with Crippen LogP contribution in [0.4, 0.5) is 41.1 Å². The Balaban J connectivity index is 1.32. The molecule has 0 saturated heterocycles. The summed E-state index contributed by atoms with van der Waals surface area (Å²) in [5.74, 6) is -2.75. The highest BCUT2D eigenvalue weighted by Crippen LogP contribution is 2.33. The van der Waals surface area contributed by atoms with Gasteiger partial charge in [0.1, 0.15) is 17.5 Å². The van der Waals surface area contributed by atoms with Gasteiger partial charge in [0.2, 0.25) is 11.9 Å². The molecule has 1 aromatic heterocycles. The van der Waals surface area contributed by atoms with Gasteiger partial charge in [-0.1, -0.05) is 0 Å². The number of amides is 3. The second-order valence-corrected chi connectivity index (χ2v) is 7.96. The molecule has 2 aliphatic rings. The summed E-state index contributed by atoms with van der Waals surface area (Å²) in [5.41, 5.74) is 0.765. The summed E-state index contributed by atoms with van der Waals surface area (Å²) in [7, 11) is 1.79. The number of halogens is 3. The Labute approximate surface area is 181 Å². The number of rotatable bonds is 4. The monoisotopic (exact) mass is 449 g/mol. The summed E-state index contributed by atoms with van der Waals surface area (Å²) < 4.78 is 39.9. The Morgan fingerprint density at radius 3 is 2.53 bits per heavy atom. The van der Waals surface area contributed by atoms with Crippen molar-refractivity contribution in [1.82, 2.24) is 15.3 Å². The third-order valence-electron chi connectivity index (χ3n) is 5.68. The summed E-state index contributed by atoms with van der Waals surface area (Å²) in [6.45, 7) is 3.56. The maximum absolute atomic E-state index is 13.7. The van der Waals surface area contributed by atoms with E-state index in [-0.39, 0.29) is 24.0 Å². The topological polar surface area (TPSA) is 111 Å². The molecule has 1 saturated carbocycles. The van der Waals surface area contributed by atoms with Gasteiger partial charge in [0, 0.05) is 31.3 Å². The van der Waals surface area contributed by atoms with E-state index >= 15 is 0 Å². The molecular weight excluding hydrogens is 427 g/mol. The fraction of sp³-hybridized carbons (Fsp3) is 0.400. The first kappa shape index (κ1) is 21.7. The molecule has 0 bridgehead atoms. The van der Waals surface area contributed by atoms with Crippen LogP contribution in [0.15, 0.2) is 12.1 Å². The van der Waals surface area contributed by atoms with E-state index in [2.05, 4.69) is 31.2 Å². The summed E-state index contributed by atoms with van der Waals surface area (Å²) in [5, 5.41) is 10.9. The number of fused-ring (bicyclic) bond motifs is 1. The van der Waals surface area contributed by atoms with Crippen LogP contribution in [0.2, 0.25) is 0 Å². The standard InChI is InChI=1S/C20H22F3N7O2/c1-8-16-17(30(3)9(2)18(31)28-16)29-19(24-8)25-10-4-11(5-10)26-20(32)27-15-7-13(22)12(21)6-14(15)23/h6-7,9-11H,4-5H2,1-3H3,(H,28,31)(H,24,25,29)(H2,26,27,32)/t9-,10?,11?/m0/s1. The van der Waals surface area contributed by atoms with Crippen molar-refractivity contribution >= 4 is 35.1 Å². The number of aromatic nitrogens is 2. The van der Waals surface area contributed by atoms with Crippen molar-refractivity contribution in [3.05, 3.63) is 35.3 Å². The molecule has 12 heteroatoms. The molecule has 1 fully saturated rings. The number of carbonyl (C=O) groups excluding carboxylic acids is 2. The molecule has 1 aromatic carbocycles. The van der Waals surface area contributed by atoms with E-state index in [1.807, 2.05) is 0 Å². The van der Waals surface area contributed by atoms with E-state index in [1.165, 1.54) is 0 Å². The van der Waals surface area contributed by atoms with Gasteiger partial charge in [-0.2, -0.15) is 4.98 Å². The van der Waals surface area contributed by atoms with Crippen molar-refractivity contribution in [3.63, 3.8) is 0 Å². The minimum atomic E-state index is -1.33. The lowest BCUT2D eigenvalue weighted by Gasteiger charge is -2.37. The maximum Gasteiger partial charge on any atom is 0.319 e. The highest BCUT2D eigenvalue weighted by atomic mass is 19.2. The predicted molar refractivity (Wildman–Crippen MR) is 112 cm³/mol. The lowest BCUT2D eigenvalue weighted by Crippen LogP contribution is -2.51. The Hall–Kier alpha value is -3.57. The van der Waals surface area contributed by atoms with E-state index < -0.39 is 29.2 Å². The number of likely N-dealkylation sites (N-methyl/N-ethyl adjacent to an activating group) is 1. The number of aryl methyl sites for hydroxylation is 1. The van der Waals surface area contributed by atoms with Crippen LogP contribution in [0.3, 0.4) is 0 Å². The van der Waals surface area contributed by atoms with Crippen LogP contribution >= 0.6 is 0 Å². The first-order valence-electron chi connectivity index (χ1n) is 10.0. The van der Waals surface area contributed by atoms with Crippen molar-refractivity contribution in [2.24, 2.45) is 0 Å². The molecule has 3 amide bonds. The van der Waals surface area contributed by atoms with E-state index in [4.69, 9.17) is 0 Å². The fourth-order valence-corrected chi connectivity index (χ4v) is 3.61. The van der Waals surface area contributed by atoms with Gasteiger partial charge in [0.05, 0.1) is 11.4 Å². The number of hydrogen-bond donors (Lipinski definition) is 4. The third-order valence-corrected chi connectivity index (χ3v) is 5.68. The van der Waals surface area contributed by atoms with Crippen LogP contribution < -0.4 is 26.2 Å². The summed E-state index contributed by atoms with van der Waals surface area (Å²) in [6, 6.07) is -0.310. The zero-order chi connectivity index (χ0) is 23.2. The van der Waals surface area contributed by atoms with E-state index in [0.29, 0.717) is 48.1 Å². The number of nitrogens with one attached hydrogen (secondary N) is 4. The van der Waals surface area contributed by atoms with Gasteiger partial charge in [-0.05, 0) is 26.7 Å². The van der Waals surface area contributed by atoms with Crippen LogP contribution in [-0.4, -0.2) is 47.1 Å². The molecule has 4 N–H and O–H groups in total. The summed E-state index contributed by atoms with van der Waals surface area (Å²) in [4.78, 5) is 34.7. The molecule has 0 radical (unpaired) electrons. The Morgan fingerprint density at radius 1 is 1.12 bits per heavy atom. The number of benzene rings is 1. The van der Waals surface area contributed by atoms with Gasteiger partial charge in [0.25, 0.3) is 0 Å². The highest BCUT2D eigenvalue weighted by Gasteiger charge is 2.33. The molecule has 0 spiro atoms. The second-order valence-electron chi connectivity index (χ2n) is 7.96. The zero-order valence-corrected chi connectivity index (χ0v) is 17.6. The average molecular weight is 449 g/mol. The van der Waals surface area contributed by atoms with Gasteiger partial charge in [0.15, 0.2) is 17.5 Å². The second kappa shape index (κ2) is 8.17. The zero-order valence-electron chi connectivity index (χ0n) is 17.6. The quantitative estimate of drug-likeness (QED) is 0.535. The van der Waals surface area contributed by atoms with Crippen molar-refractivity contribution in [2.45, 2.75) is 44.8 Å². The Kier molecular flexibility index (Phi) is 5.53. The molecule has 32 heavy (non-hydrogen) atoms. The van der Waals surface area contributed by atoms with Gasteiger partial charge >= 0.3 is 6.03 Å². The van der Waals surface area contributed by atoms with Crippen LogP contribution in [0.5, 0.6) is 0 Å². The molecule has 9 nitrogen and oxygen atoms in total. The molecule has 4 rings (SSSR count). The Morgan fingerprint density at radius 2 is 1.81 bits per heavy atom. The SMILES string of the molecule is Cc1nc(NC2CC(NC(=O)Nc3cc(F)c(F)cc3F)C2)nc2c1NC(=O)[C@H](C)N2C. The number of hydrogen-bond acceptors (Lipinski definition) is 6. The Bertz CT molecular complexity index is 1090. The van der Waals surface area contributed by atoms with Crippen LogP contribution in [0.25, 0.3) is 0 Å². The first-order valence-corrected chi connectivity index (χ1v) is 10.0. The number of urea groups is 1. The summed E-state index contributed by atoms with van der Waals surface area (Å²) in [6.07, 6.45) is 1.13. The van der Waals surface area contributed by atoms with E-state index in [9.17, 15) is 22.8 Å². The molecule has 1 aliphatic carbocycles.